The lowest BCUT2D eigenvalue weighted by Crippen LogP contribution is -2.32. The quantitative estimate of drug-likeness (QED) is 0.495. The molecule has 0 radical (unpaired) electrons. The van der Waals surface area contributed by atoms with Crippen molar-refractivity contribution in [1.29, 1.82) is 0 Å². The summed E-state index contributed by atoms with van der Waals surface area (Å²) in [5, 5.41) is 0. The summed E-state index contributed by atoms with van der Waals surface area (Å²) in [5.74, 6) is 0.885. The van der Waals surface area contributed by atoms with E-state index in [4.69, 9.17) is 4.98 Å². The van der Waals surface area contributed by atoms with Crippen molar-refractivity contribution in [3.05, 3.63) is 58.8 Å². The van der Waals surface area contributed by atoms with Crippen LogP contribution in [0.15, 0.2) is 53.0 Å². The van der Waals surface area contributed by atoms with Crippen molar-refractivity contribution in [1.82, 2.24) is 14.5 Å². The van der Waals surface area contributed by atoms with Crippen molar-refractivity contribution in [3.63, 3.8) is 0 Å². The Morgan fingerprint density at radius 3 is 2.81 bits per heavy atom. The van der Waals surface area contributed by atoms with E-state index in [1.807, 2.05) is 65.0 Å². The van der Waals surface area contributed by atoms with Crippen molar-refractivity contribution < 1.29 is 9.59 Å². The van der Waals surface area contributed by atoms with Crippen molar-refractivity contribution in [2.24, 2.45) is 0 Å². The molecule has 0 aliphatic carbocycles. The third kappa shape index (κ3) is 4.51. The first-order valence-corrected chi connectivity index (χ1v) is 11.5. The van der Waals surface area contributed by atoms with E-state index in [0.29, 0.717) is 13.0 Å². The van der Waals surface area contributed by atoms with Crippen LogP contribution in [-0.4, -0.2) is 46.4 Å². The number of fused-ring (bicyclic) bond motifs is 1. The number of rotatable bonds is 7. The molecule has 0 saturated carbocycles. The van der Waals surface area contributed by atoms with E-state index < -0.39 is 0 Å². The number of benzene rings is 2. The molecule has 3 aromatic rings. The van der Waals surface area contributed by atoms with Crippen LogP contribution in [0, 0.1) is 0 Å². The molecule has 6 nitrogen and oxygen atoms in total. The van der Waals surface area contributed by atoms with Crippen LogP contribution in [-0.2, 0) is 16.1 Å². The third-order valence-corrected chi connectivity index (χ3v) is 6.35. The number of unbranched alkanes of at least 4 members (excludes halogenated alkanes) is 1. The molecule has 1 atom stereocenters. The summed E-state index contributed by atoms with van der Waals surface area (Å²) in [7, 11) is 1.85. The first-order valence-electron chi connectivity index (χ1n) is 10.7. The van der Waals surface area contributed by atoms with Crippen molar-refractivity contribution in [2.45, 2.75) is 38.6 Å². The van der Waals surface area contributed by atoms with Gasteiger partial charge in [-0.05, 0) is 36.8 Å². The molecule has 7 heteroatoms. The summed E-state index contributed by atoms with van der Waals surface area (Å²) in [6.45, 7) is 3.65. The predicted molar refractivity (Wildman–Crippen MR) is 126 cm³/mol. The molecule has 1 fully saturated rings. The number of carbonyl (C=O) groups is 2. The number of para-hydroxylation sites is 2. The summed E-state index contributed by atoms with van der Waals surface area (Å²) in [6.07, 6.45) is 2.42. The highest BCUT2D eigenvalue weighted by Crippen LogP contribution is 2.34. The maximum absolute atomic E-state index is 12.9. The average molecular weight is 483 g/mol. The van der Waals surface area contributed by atoms with Gasteiger partial charge in [0.25, 0.3) is 0 Å². The molecule has 0 spiro atoms. The molecule has 2 amide bonds. The van der Waals surface area contributed by atoms with Gasteiger partial charge in [-0.2, -0.15) is 0 Å². The molecule has 1 saturated heterocycles. The second-order valence-electron chi connectivity index (χ2n) is 8.10. The van der Waals surface area contributed by atoms with Gasteiger partial charge in [-0.15, -0.1) is 0 Å². The van der Waals surface area contributed by atoms with Crippen LogP contribution < -0.4 is 4.90 Å². The van der Waals surface area contributed by atoms with Gasteiger partial charge in [-0.1, -0.05) is 47.5 Å². The number of hydrogen-bond donors (Lipinski definition) is 0. The molecule has 1 unspecified atom stereocenters. The van der Waals surface area contributed by atoms with E-state index in [0.717, 1.165) is 46.4 Å². The Balaban J connectivity index is 1.64. The van der Waals surface area contributed by atoms with E-state index in [9.17, 15) is 9.59 Å². The van der Waals surface area contributed by atoms with Gasteiger partial charge in [0.15, 0.2) is 0 Å². The maximum atomic E-state index is 12.9. The number of imidazole rings is 1. The Labute approximate surface area is 191 Å². The number of halogens is 1. The van der Waals surface area contributed by atoms with Gasteiger partial charge in [0, 0.05) is 42.6 Å². The fourth-order valence-corrected chi connectivity index (χ4v) is 4.51. The second kappa shape index (κ2) is 9.22. The molecule has 4 rings (SSSR count). The summed E-state index contributed by atoms with van der Waals surface area (Å²) >= 11 is 3.49. The maximum Gasteiger partial charge on any atom is 0.242 e. The SMILES string of the molecule is CCCCN(C)C(=O)Cn1c(C2CC(=O)N(c3cccc(Br)c3)C2)nc2ccccc21. The zero-order chi connectivity index (χ0) is 22.0. The smallest absolute Gasteiger partial charge is 0.242 e. The molecule has 0 N–H and O–H groups in total. The Morgan fingerprint density at radius 2 is 2.03 bits per heavy atom. The van der Waals surface area contributed by atoms with Crippen molar-refractivity contribution in [2.75, 3.05) is 25.0 Å². The molecule has 1 aliphatic rings. The van der Waals surface area contributed by atoms with Crippen molar-refractivity contribution >= 4 is 44.5 Å². The largest absolute Gasteiger partial charge is 0.344 e. The van der Waals surface area contributed by atoms with E-state index in [1.54, 1.807) is 4.90 Å². The standard InChI is InChI=1S/C24H27BrN4O2/c1-3-4-12-27(2)23(31)16-29-21-11-6-5-10-20(21)26-24(29)17-13-22(30)28(15-17)19-9-7-8-18(25)14-19/h5-11,14,17H,3-4,12-13,15-16H2,1-2H3. The number of carbonyl (C=O) groups excluding carboxylic acids is 2. The van der Waals surface area contributed by atoms with E-state index in [2.05, 4.69) is 22.9 Å². The summed E-state index contributed by atoms with van der Waals surface area (Å²) in [5.41, 5.74) is 2.66. The monoisotopic (exact) mass is 482 g/mol. The predicted octanol–water partition coefficient (Wildman–Crippen LogP) is 4.58. The first kappa shape index (κ1) is 21.6. The number of hydrogen-bond acceptors (Lipinski definition) is 3. The Bertz CT molecular complexity index is 1110. The van der Waals surface area contributed by atoms with Gasteiger partial charge in [0.2, 0.25) is 11.8 Å². The van der Waals surface area contributed by atoms with E-state index in [-0.39, 0.29) is 24.3 Å². The fourth-order valence-electron chi connectivity index (χ4n) is 4.12. The van der Waals surface area contributed by atoms with Crippen LogP contribution in [0.4, 0.5) is 5.69 Å². The Kier molecular flexibility index (Phi) is 6.41. The molecule has 162 valence electrons. The fraction of sp³-hybridized carbons (Fsp3) is 0.375. The highest BCUT2D eigenvalue weighted by Gasteiger charge is 2.35. The molecule has 31 heavy (non-hydrogen) atoms. The summed E-state index contributed by atoms with van der Waals surface area (Å²) in [4.78, 5) is 34.2. The molecule has 2 aromatic carbocycles. The van der Waals surface area contributed by atoms with E-state index >= 15 is 0 Å². The first-order chi connectivity index (χ1) is 15.0. The molecule has 2 heterocycles. The van der Waals surface area contributed by atoms with Crippen LogP contribution in [0.5, 0.6) is 0 Å². The molecule has 1 aliphatic heterocycles. The second-order valence-corrected chi connectivity index (χ2v) is 9.01. The minimum absolute atomic E-state index is 0.0611. The van der Waals surface area contributed by atoms with E-state index in [1.165, 1.54) is 0 Å². The van der Waals surface area contributed by atoms with Gasteiger partial charge >= 0.3 is 0 Å². The number of nitrogens with zero attached hydrogens (tertiary/aromatic N) is 4. The van der Waals surface area contributed by atoms with Crippen LogP contribution in [0.1, 0.15) is 37.9 Å². The molecular formula is C24H27BrN4O2. The normalized spacial score (nSPS) is 16.3. The zero-order valence-corrected chi connectivity index (χ0v) is 19.5. The van der Waals surface area contributed by atoms with Crippen molar-refractivity contribution in [3.8, 4) is 0 Å². The molecule has 1 aromatic heterocycles. The van der Waals surface area contributed by atoms with Crippen LogP contribution >= 0.6 is 15.9 Å². The highest BCUT2D eigenvalue weighted by atomic mass is 79.9. The topological polar surface area (TPSA) is 58.4 Å². The zero-order valence-electron chi connectivity index (χ0n) is 17.9. The Hall–Kier alpha value is -2.67. The van der Waals surface area contributed by atoms with Crippen LogP contribution in [0.25, 0.3) is 11.0 Å². The number of amides is 2. The highest BCUT2D eigenvalue weighted by molar-refractivity contribution is 9.10. The lowest BCUT2D eigenvalue weighted by atomic mass is 10.1. The minimum Gasteiger partial charge on any atom is -0.344 e. The van der Waals surface area contributed by atoms with Gasteiger partial charge in [-0.3, -0.25) is 9.59 Å². The van der Waals surface area contributed by atoms with Gasteiger partial charge in [-0.25, -0.2) is 4.98 Å². The van der Waals surface area contributed by atoms with Gasteiger partial charge < -0.3 is 14.4 Å². The lowest BCUT2D eigenvalue weighted by Gasteiger charge is -2.20. The van der Waals surface area contributed by atoms with Gasteiger partial charge in [0.1, 0.15) is 12.4 Å². The summed E-state index contributed by atoms with van der Waals surface area (Å²) in [6, 6.07) is 15.6. The number of likely N-dealkylation sites (N-methyl/N-ethyl adjacent to an activating group) is 1. The average Bonchev–Trinajstić information content (AvgIpc) is 3.32. The van der Waals surface area contributed by atoms with Gasteiger partial charge in [0.05, 0.1) is 11.0 Å². The summed E-state index contributed by atoms with van der Waals surface area (Å²) < 4.78 is 2.94. The lowest BCUT2D eigenvalue weighted by molar-refractivity contribution is -0.130. The van der Waals surface area contributed by atoms with Crippen LogP contribution in [0.2, 0.25) is 0 Å². The molecular weight excluding hydrogens is 456 g/mol. The molecule has 0 bridgehead atoms. The third-order valence-electron chi connectivity index (χ3n) is 5.86. The Morgan fingerprint density at radius 1 is 1.23 bits per heavy atom. The number of anilines is 1. The number of aromatic nitrogens is 2. The minimum atomic E-state index is -0.0624. The van der Waals surface area contributed by atoms with Crippen LogP contribution in [0.3, 0.4) is 0 Å².